The smallest absolute Gasteiger partial charge is 0.237 e. The molecular formula is C15H10N4. The lowest BCUT2D eigenvalue weighted by Crippen LogP contribution is -1.86. The molecule has 2 aromatic heterocycles. The Bertz CT molecular complexity index is 846. The molecule has 2 aromatic carbocycles. The third-order valence-corrected chi connectivity index (χ3v) is 3.19. The molecule has 19 heavy (non-hydrogen) atoms. The second-order valence-corrected chi connectivity index (χ2v) is 4.40. The van der Waals surface area contributed by atoms with Gasteiger partial charge < -0.3 is 0 Å². The molecule has 4 nitrogen and oxygen atoms in total. The Hall–Kier alpha value is -2.75. The molecule has 0 fully saturated rings. The highest BCUT2D eigenvalue weighted by molar-refractivity contribution is 5.86. The van der Waals surface area contributed by atoms with Gasteiger partial charge in [0.2, 0.25) is 5.78 Å². The van der Waals surface area contributed by atoms with Crippen molar-refractivity contribution in [3.05, 3.63) is 61.3 Å². The minimum absolute atomic E-state index is 0.665. The van der Waals surface area contributed by atoms with E-state index in [4.69, 9.17) is 0 Å². The average molecular weight is 246 g/mol. The van der Waals surface area contributed by atoms with Crippen molar-refractivity contribution in [3.63, 3.8) is 0 Å². The molecule has 0 atom stereocenters. The Kier molecular flexibility index (Phi) is 2.08. The van der Waals surface area contributed by atoms with Gasteiger partial charge in [-0.3, -0.25) is 4.40 Å². The molecule has 2 heterocycles. The minimum Gasteiger partial charge on any atom is -0.274 e. The van der Waals surface area contributed by atoms with Crippen LogP contribution < -0.4 is 0 Å². The van der Waals surface area contributed by atoms with E-state index in [0.29, 0.717) is 5.78 Å². The number of imidazole rings is 1. The largest absolute Gasteiger partial charge is 0.274 e. The van der Waals surface area contributed by atoms with Crippen molar-refractivity contribution in [1.82, 2.24) is 19.4 Å². The fourth-order valence-corrected chi connectivity index (χ4v) is 2.24. The van der Waals surface area contributed by atoms with Crippen LogP contribution in [0.25, 0.3) is 27.8 Å². The van der Waals surface area contributed by atoms with E-state index in [0.717, 1.165) is 11.3 Å². The number of benzene rings is 2. The Labute approximate surface area is 109 Å². The van der Waals surface area contributed by atoms with Crippen LogP contribution in [-0.2, 0) is 0 Å². The topological polar surface area (TPSA) is 43.1 Å². The van der Waals surface area contributed by atoms with Gasteiger partial charge in [0.05, 0.1) is 5.69 Å². The number of fused-ring (bicyclic) bond motifs is 2. The van der Waals surface area contributed by atoms with Gasteiger partial charge in [0, 0.05) is 11.8 Å². The molecule has 0 bridgehead atoms. The van der Waals surface area contributed by atoms with E-state index in [1.165, 1.54) is 17.1 Å². The van der Waals surface area contributed by atoms with Gasteiger partial charge in [-0.2, -0.15) is 0 Å². The molecule has 0 aliphatic carbocycles. The van der Waals surface area contributed by atoms with Crippen LogP contribution in [0.4, 0.5) is 0 Å². The van der Waals surface area contributed by atoms with Crippen LogP contribution in [0.2, 0.25) is 0 Å². The number of hydrogen-bond donors (Lipinski definition) is 0. The molecule has 4 rings (SSSR count). The summed E-state index contributed by atoms with van der Waals surface area (Å²) in [6, 6.07) is 14.6. The molecule has 0 unspecified atom stereocenters. The first kappa shape index (κ1) is 10.2. The van der Waals surface area contributed by atoms with Crippen molar-refractivity contribution in [2.45, 2.75) is 0 Å². The third kappa shape index (κ3) is 1.65. The van der Waals surface area contributed by atoms with Crippen molar-refractivity contribution < 1.29 is 0 Å². The summed E-state index contributed by atoms with van der Waals surface area (Å²) >= 11 is 0. The van der Waals surface area contributed by atoms with Crippen LogP contribution >= 0.6 is 0 Å². The summed E-state index contributed by atoms with van der Waals surface area (Å²) in [7, 11) is 0. The molecule has 0 aliphatic rings. The molecule has 0 aliphatic heterocycles. The maximum Gasteiger partial charge on any atom is 0.237 e. The van der Waals surface area contributed by atoms with Gasteiger partial charge in [0.25, 0.3) is 0 Å². The second kappa shape index (κ2) is 3.88. The molecule has 0 amide bonds. The van der Waals surface area contributed by atoms with Crippen molar-refractivity contribution in [2.75, 3.05) is 0 Å². The summed E-state index contributed by atoms with van der Waals surface area (Å²) < 4.78 is 1.82. The molecular weight excluding hydrogens is 236 g/mol. The van der Waals surface area contributed by atoms with E-state index in [-0.39, 0.29) is 0 Å². The SMILES string of the molecule is c1ccc2cc(-c3cn4cncnc4n3)ccc2c1. The highest BCUT2D eigenvalue weighted by atomic mass is 15.1. The summed E-state index contributed by atoms with van der Waals surface area (Å²) in [5.41, 5.74) is 2.00. The van der Waals surface area contributed by atoms with Crippen LogP contribution in [0, 0.1) is 0 Å². The zero-order chi connectivity index (χ0) is 12.7. The lowest BCUT2D eigenvalue weighted by molar-refractivity contribution is 1.01. The Morgan fingerprint density at radius 2 is 1.84 bits per heavy atom. The van der Waals surface area contributed by atoms with Gasteiger partial charge in [0.1, 0.15) is 12.7 Å². The van der Waals surface area contributed by atoms with Crippen molar-refractivity contribution >= 4 is 16.6 Å². The molecule has 4 heteroatoms. The normalized spacial score (nSPS) is 11.2. The zero-order valence-electron chi connectivity index (χ0n) is 10.1. The lowest BCUT2D eigenvalue weighted by atomic mass is 10.1. The summed E-state index contributed by atoms with van der Waals surface area (Å²) in [6.45, 7) is 0. The van der Waals surface area contributed by atoms with Crippen molar-refractivity contribution in [3.8, 4) is 11.3 Å². The summed E-state index contributed by atoms with van der Waals surface area (Å²) in [4.78, 5) is 12.6. The second-order valence-electron chi connectivity index (χ2n) is 4.40. The van der Waals surface area contributed by atoms with Crippen molar-refractivity contribution in [1.29, 1.82) is 0 Å². The van der Waals surface area contributed by atoms with Gasteiger partial charge in [-0.25, -0.2) is 15.0 Å². The molecule has 0 saturated heterocycles. The standard InChI is InChI=1S/C15H10N4/c1-2-4-12-7-13(6-5-11(12)3-1)14-8-19-10-16-9-17-15(19)18-14/h1-10H. The Morgan fingerprint density at radius 1 is 0.947 bits per heavy atom. The minimum atomic E-state index is 0.665. The van der Waals surface area contributed by atoms with Crippen LogP contribution in [0.3, 0.4) is 0 Å². The van der Waals surface area contributed by atoms with Gasteiger partial charge in [0.15, 0.2) is 0 Å². The summed E-state index contributed by atoms with van der Waals surface area (Å²) in [5, 5.41) is 2.44. The van der Waals surface area contributed by atoms with E-state index >= 15 is 0 Å². The maximum absolute atomic E-state index is 4.50. The average Bonchev–Trinajstić information content (AvgIpc) is 2.90. The third-order valence-electron chi connectivity index (χ3n) is 3.19. The van der Waals surface area contributed by atoms with E-state index < -0.39 is 0 Å². The first-order chi connectivity index (χ1) is 9.40. The van der Waals surface area contributed by atoms with Gasteiger partial charge in [-0.05, 0) is 16.8 Å². The molecule has 0 radical (unpaired) electrons. The lowest BCUT2D eigenvalue weighted by Gasteiger charge is -2.00. The van der Waals surface area contributed by atoms with E-state index in [1.54, 1.807) is 6.33 Å². The number of rotatable bonds is 1. The van der Waals surface area contributed by atoms with E-state index in [1.807, 2.05) is 22.7 Å². The molecule has 0 N–H and O–H groups in total. The highest BCUT2D eigenvalue weighted by Crippen LogP contribution is 2.23. The maximum atomic E-state index is 4.50. The predicted octanol–water partition coefficient (Wildman–Crippen LogP) is 2.94. The van der Waals surface area contributed by atoms with Crippen LogP contribution in [0.1, 0.15) is 0 Å². The fraction of sp³-hybridized carbons (Fsp3) is 0. The van der Waals surface area contributed by atoms with Gasteiger partial charge in [-0.15, -0.1) is 0 Å². The zero-order valence-corrected chi connectivity index (χ0v) is 10.1. The number of nitrogens with zero attached hydrogens (tertiary/aromatic N) is 4. The van der Waals surface area contributed by atoms with Crippen LogP contribution in [0.15, 0.2) is 61.3 Å². The van der Waals surface area contributed by atoms with Gasteiger partial charge in [-0.1, -0.05) is 36.4 Å². The quantitative estimate of drug-likeness (QED) is 0.518. The predicted molar refractivity (Wildman–Crippen MR) is 73.7 cm³/mol. The van der Waals surface area contributed by atoms with Crippen molar-refractivity contribution in [2.24, 2.45) is 0 Å². The summed E-state index contributed by atoms with van der Waals surface area (Å²) in [6.07, 6.45) is 5.16. The van der Waals surface area contributed by atoms with E-state index in [9.17, 15) is 0 Å². The fourth-order valence-electron chi connectivity index (χ4n) is 2.24. The molecule has 0 saturated carbocycles. The van der Waals surface area contributed by atoms with Crippen LogP contribution in [0.5, 0.6) is 0 Å². The Morgan fingerprint density at radius 3 is 2.74 bits per heavy atom. The first-order valence-corrected chi connectivity index (χ1v) is 6.04. The van der Waals surface area contributed by atoms with E-state index in [2.05, 4.69) is 45.3 Å². The number of hydrogen-bond acceptors (Lipinski definition) is 3. The first-order valence-electron chi connectivity index (χ1n) is 6.04. The van der Waals surface area contributed by atoms with Gasteiger partial charge >= 0.3 is 0 Å². The molecule has 90 valence electrons. The monoisotopic (exact) mass is 246 g/mol. The highest BCUT2D eigenvalue weighted by Gasteiger charge is 2.05. The molecule has 0 spiro atoms. The molecule has 4 aromatic rings. The van der Waals surface area contributed by atoms with Crippen LogP contribution in [-0.4, -0.2) is 19.4 Å². The number of aromatic nitrogens is 4. The Balaban J connectivity index is 1.93. The summed E-state index contributed by atoms with van der Waals surface area (Å²) in [5.74, 6) is 0.665.